The molecule has 1 fully saturated rings. The SMILES string of the molecule is CC(=O)N[C@@H](Cc1ccccc1)C(=O)N1CCC(NCc2ccnc3ccccc23)CC1Cc1ccccc1. The smallest absolute Gasteiger partial charge is 0.245 e. The quantitative estimate of drug-likeness (QED) is 0.336. The minimum absolute atomic E-state index is 0.00596. The second-order valence-electron chi connectivity index (χ2n) is 10.4. The number of benzene rings is 3. The molecule has 2 amide bonds. The summed E-state index contributed by atoms with van der Waals surface area (Å²) in [5.74, 6) is -0.196. The number of hydrogen-bond acceptors (Lipinski definition) is 4. The molecule has 0 aliphatic carbocycles. The molecule has 39 heavy (non-hydrogen) atoms. The van der Waals surface area contributed by atoms with Gasteiger partial charge in [-0.25, -0.2) is 0 Å². The summed E-state index contributed by atoms with van der Waals surface area (Å²) in [5.41, 5.74) is 4.47. The molecule has 2 unspecified atom stereocenters. The highest BCUT2D eigenvalue weighted by Crippen LogP contribution is 2.24. The second-order valence-corrected chi connectivity index (χ2v) is 10.4. The van der Waals surface area contributed by atoms with Crippen molar-refractivity contribution in [2.75, 3.05) is 6.54 Å². The highest BCUT2D eigenvalue weighted by Gasteiger charge is 2.35. The molecule has 1 aliphatic heterocycles. The van der Waals surface area contributed by atoms with Gasteiger partial charge in [0.25, 0.3) is 0 Å². The zero-order valence-corrected chi connectivity index (χ0v) is 22.4. The number of rotatable bonds is 9. The van der Waals surface area contributed by atoms with Gasteiger partial charge in [-0.15, -0.1) is 0 Å². The molecule has 3 atom stereocenters. The zero-order chi connectivity index (χ0) is 27.0. The van der Waals surface area contributed by atoms with E-state index in [1.807, 2.05) is 71.8 Å². The summed E-state index contributed by atoms with van der Waals surface area (Å²) < 4.78 is 0. The number of aromatic nitrogens is 1. The summed E-state index contributed by atoms with van der Waals surface area (Å²) in [6, 6.07) is 30.3. The third-order valence-corrected chi connectivity index (χ3v) is 7.59. The standard InChI is InChI=1S/C33H36N4O2/c1-24(38)36-32(21-26-12-6-3-7-13-26)33(39)37-19-17-28(22-29(37)20-25-10-4-2-5-11-25)35-23-27-16-18-34-31-15-9-8-14-30(27)31/h2-16,18,28-29,32,35H,17,19-23H2,1H3,(H,36,38)/t28?,29?,32-/m0/s1. The maximum absolute atomic E-state index is 14.0. The first-order chi connectivity index (χ1) is 19.1. The van der Waals surface area contributed by atoms with Crippen molar-refractivity contribution in [3.05, 3.63) is 114 Å². The fourth-order valence-electron chi connectivity index (χ4n) is 5.67. The van der Waals surface area contributed by atoms with E-state index in [-0.39, 0.29) is 23.9 Å². The van der Waals surface area contributed by atoms with Crippen LogP contribution in [-0.4, -0.2) is 46.4 Å². The summed E-state index contributed by atoms with van der Waals surface area (Å²) in [7, 11) is 0. The molecule has 1 saturated heterocycles. The molecule has 2 N–H and O–H groups in total. The number of hydrogen-bond donors (Lipinski definition) is 2. The molecule has 0 saturated carbocycles. The molecule has 2 heterocycles. The van der Waals surface area contributed by atoms with E-state index in [1.165, 1.54) is 23.4 Å². The van der Waals surface area contributed by atoms with Crippen LogP contribution >= 0.6 is 0 Å². The molecule has 5 rings (SSSR count). The molecule has 6 heteroatoms. The van der Waals surface area contributed by atoms with Crippen LogP contribution < -0.4 is 10.6 Å². The number of carbonyl (C=O) groups excluding carboxylic acids is 2. The van der Waals surface area contributed by atoms with Crippen molar-refractivity contribution in [2.24, 2.45) is 0 Å². The van der Waals surface area contributed by atoms with Gasteiger partial charge in [0.1, 0.15) is 6.04 Å². The molecular weight excluding hydrogens is 484 g/mol. The number of pyridine rings is 1. The molecule has 0 radical (unpaired) electrons. The lowest BCUT2D eigenvalue weighted by Crippen LogP contribution is -2.57. The second kappa shape index (κ2) is 12.7. The van der Waals surface area contributed by atoms with Gasteiger partial charge in [-0.3, -0.25) is 14.6 Å². The Bertz CT molecular complexity index is 1390. The van der Waals surface area contributed by atoms with E-state index in [4.69, 9.17) is 0 Å². The Labute approximate surface area is 230 Å². The molecule has 3 aromatic carbocycles. The lowest BCUT2D eigenvalue weighted by atomic mass is 9.90. The van der Waals surface area contributed by atoms with Gasteiger partial charge in [-0.1, -0.05) is 78.9 Å². The van der Waals surface area contributed by atoms with Gasteiger partial charge in [0, 0.05) is 50.1 Å². The number of carbonyl (C=O) groups is 2. The van der Waals surface area contributed by atoms with Crippen molar-refractivity contribution < 1.29 is 9.59 Å². The van der Waals surface area contributed by atoms with Crippen molar-refractivity contribution in [3.63, 3.8) is 0 Å². The van der Waals surface area contributed by atoms with Gasteiger partial charge in [-0.05, 0) is 48.1 Å². The molecule has 0 bridgehead atoms. The number of amides is 2. The van der Waals surface area contributed by atoms with Crippen LogP contribution in [0.1, 0.15) is 36.5 Å². The fraction of sp³-hybridized carbons (Fsp3) is 0.303. The number of nitrogens with zero attached hydrogens (tertiary/aromatic N) is 2. The van der Waals surface area contributed by atoms with Gasteiger partial charge in [-0.2, -0.15) is 0 Å². The number of nitrogens with one attached hydrogen (secondary N) is 2. The molecular formula is C33H36N4O2. The Balaban J connectivity index is 1.33. The van der Waals surface area contributed by atoms with Gasteiger partial charge < -0.3 is 15.5 Å². The first kappa shape index (κ1) is 26.6. The fourth-order valence-corrected chi connectivity index (χ4v) is 5.67. The van der Waals surface area contributed by atoms with Crippen molar-refractivity contribution in [3.8, 4) is 0 Å². The Morgan fingerprint density at radius 1 is 0.923 bits per heavy atom. The lowest BCUT2D eigenvalue weighted by molar-refractivity contribution is -0.139. The van der Waals surface area contributed by atoms with Crippen LogP contribution in [0.3, 0.4) is 0 Å². The molecule has 1 aliphatic rings. The topological polar surface area (TPSA) is 74.3 Å². The lowest BCUT2D eigenvalue weighted by Gasteiger charge is -2.41. The predicted molar refractivity (Wildman–Crippen MR) is 155 cm³/mol. The van der Waals surface area contributed by atoms with Crippen LogP contribution in [0.15, 0.2) is 97.2 Å². The van der Waals surface area contributed by atoms with Crippen LogP contribution in [0.4, 0.5) is 0 Å². The van der Waals surface area contributed by atoms with Crippen LogP contribution in [0.5, 0.6) is 0 Å². The van der Waals surface area contributed by atoms with E-state index in [1.54, 1.807) is 0 Å². The summed E-state index contributed by atoms with van der Waals surface area (Å²) in [4.78, 5) is 32.5. The van der Waals surface area contributed by atoms with E-state index >= 15 is 0 Å². The van der Waals surface area contributed by atoms with E-state index in [9.17, 15) is 9.59 Å². The highest BCUT2D eigenvalue weighted by molar-refractivity contribution is 5.87. The Kier molecular flexibility index (Phi) is 8.64. The summed E-state index contributed by atoms with van der Waals surface area (Å²) >= 11 is 0. The molecule has 6 nitrogen and oxygen atoms in total. The first-order valence-corrected chi connectivity index (χ1v) is 13.8. The maximum Gasteiger partial charge on any atom is 0.245 e. The van der Waals surface area contributed by atoms with Crippen molar-refractivity contribution in [2.45, 2.75) is 57.3 Å². The van der Waals surface area contributed by atoms with Crippen LogP contribution in [0, 0.1) is 0 Å². The molecule has 0 spiro atoms. The normalized spacial score (nSPS) is 18.0. The summed E-state index contributed by atoms with van der Waals surface area (Å²) in [6.07, 6.45) is 4.83. The Morgan fingerprint density at radius 3 is 2.36 bits per heavy atom. The monoisotopic (exact) mass is 520 g/mol. The van der Waals surface area contributed by atoms with E-state index in [2.05, 4.69) is 45.9 Å². The Morgan fingerprint density at radius 2 is 1.62 bits per heavy atom. The summed E-state index contributed by atoms with van der Waals surface area (Å²) in [6.45, 7) is 2.88. The number of likely N-dealkylation sites (tertiary alicyclic amines) is 1. The van der Waals surface area contributed by atoms with E-state index in [0.717, 1.165) is 36.9 Å². The zero-order valence-electron chi connectivity index (χ0n) is 22.4. The van der Waals surface area contributed by atoms with E-state index in [0.29, 0.717) is 13.0 Å². The Hall–Kier alpha value is -4.03. The van der Waals surface area contributed by atoms with Crippen LogP contribution in [0.2, 0.25) is 0 Å². The summed E-state index contributed by atoms with van der Waals surface area (Å²) in [5, 5.41) is 7.87. The molecule has 200 valence electrons. The van der Waals surface area contributed by atoms with Gasteiger partial charge in [0.15, 0.2) is 0 Å². The third-order valence-electron chi connectivity index (χ3n) is 7.59. The predicted octanol–water partition coefficient (Wildman–Crippen LogP) is 4.67. The number of piperidine rings is 1. The van der Waals surface area contributed by atoms with Crippen LogP contribution in [-0.2, 0) is 29.0 Å². The average molecular weight is 521 g/mol. The third kappa shape index (κ3) is 6.89. The maximum atomic E-state index is 14.0. The van der Waals surface area contributed by atoms with Crippen molar-refractivity contribution >= 4 is 22.7 Å². The van der Waals surface area contributed by atoms with Crippen LogP contribution in [0.25, 0.3) is 10.9 Å². The minimum atomic E-state index is -0.587. The van der Waals surface area contributed by atoms with Crippen molar-refractivity contribution in [1.82, 2.24) is 20.5 Å². The first-order valence-electron chi connectivity index (χ1n) is 13.8. The average Bonchev–Trinajstić information content (AvgIpc) is 2.96. The number of para-hydroxylation sites is 1. The molecule has 1 aromatic heterocycles. The van der Waals surface area contributed by atoms with Gasteiger partial charge in [0.05, 0.1) is 5.52 Å². The largest absolute Gasteiger partial charge is 0.344 e. The van der Waals surface area contributed by atoms with Gasteiger partial charge >= 0.3 is 0 Å². The highest BCUT2D eigenvalue weighted by atomic mass is 16.2. The minimum Gasteiger partial charge on any atom is -0.344 e. The number of fused-ring (bicyclic) bond motifs is 1. The molecule has 4 aromatic rings. The van der Waals surface area contributed by atoms with E-state index < -0.39 is 6.04 Å². The van der Waals surface area contributed by atoms with Gasteiger partial charge in [0.2, 0.25) is 11.8 Å². The van der Waals surface area contributed by atoms with Crippen molar-refractivity contribution in [1.29, 1.82) is 0 Å².